The molecule has 0 bridgehead atoms. The third-order valence-electron chi connectivity index (χ3n) is 3.69. The molecule has 2 aromatic carbocycles. The molecule has 1 unspecified atom stereocenters. The summed E-state index contributed by atoms with van der Waals surface area (Å²) in [5.41, 5.74) is 7.90. The van der Waals surface area contributed by atoms with Crippen LogP contribution in [-0.4, -0.2) is 5.75 Å². The predicted molar refractivity (Wildman–Crippen MR) is 87.8 cm³/mol. The van der Waals surface area contributed by atoms with E-state index in [9.17, 15) is 4.39 Å². The molecule has 0 saturated heterocycles. The number of hydrogen-bond donors (Lipinski definition) is 2. The number of hydrazine groups is 1. The molecule has 3 N–H and O–H groups in total. The summed E-state index contributed by atoms with van der Waals surface area (Å²) in [5, 5.41) is 0. The van der Waals surface area contributed by atoms with Crippen LogP contribution in [0.3, 0.4) is 0 Å². The second-order valence-corrected chi connectivity index (χ2v) is 6.37. The summed E-state index contributed by atoms with van der Waals surface area (Å²) in [6.07, 6.45) is 0. The molecular weight excluding hydrogens is 283 g/mol. The Morgan fingerprint density at radius 3 is 2.29 bits per heavy atom. The number of rotatable bonds is 5. The second kappa shape index (κ2) is 7.07. The van der Waals surface area contributed by atoms with Gasteiger partial charge in [0.25, 0.3) is 0 Å². The fraction of sp³-hybridized carbons (Fsp3) is 0.294. The highest BCUT2D eigenvalue weighted by atomic mass is 32.2. The van der Waals surface area contributed by atoms with Gasteiger partial charge in [0.05, 0.1) is 6.04 Å². The summed E-state index contributed by atoms with van der Waals surface area (Å²) in [6.45, 7) is 6.33. The Bertz CT molecular complexity index is 611. The zero-order valence-electron chi connectivity index (χ0n) is 12.6. The van der Waals surface area contributed by atoms with Crippen molar-refractivity contribution in [2.45, 2.75) is 31.7 Å². The van der Waals surface area contributed by atoms with Gasteiger partial charge in [-0.25, -0.2) is 4.39 Å². The van der Waals surface area contributed by atoms with Gasteiger partial charge in [0.1, 0.15) is 5.82 Å². The lowest BCUT2D eigenvalue weighted by molar-refractivity contribution is 0.607. The maximum Gasteiger partial charge on any atom is 0.123 e. The minimum absolute atomic E-state index is 0.0688. The van der Waals surface area contributed by atoms with Gasteiger partial charge >= 0.3 is 0 Å². The summed E-state index contributed by atoms with van der Waals surface area (Å²) in [5.74, 6) is 6.31. The average molecular weight is 304 g/mol. The maximum absolute atomic E-state index is 12.9. The molecule has 112 valence electrons. The van der Waals surface area contributed by atoms with Crippen molar-refractivity contribution in [2.24, 2.45) is 5.84 Å². The first kappa shape index (κ1) is 16.0. The molecule has 0 aliphatic carbocycles. The van der Waals surface area contributed by atoms with Gasteiger partial charge in [-0.3, -0.25) is 11.3 Å². The van der Waals surface area contributed by atoms with Crippen LogP contribution in [0.2, 0.25) is 0 Å². The number of halogens is 1. The van der Waals surface area contributed by atoms with E-state index in [4.69, 9.17) is 5.84 Å². The Morgan fingerprint density at radius 1 is 1.05 bits per heavy atom. The van der Waals surface area contributed by atoms with Crippen LogP contribution in [-0.2, 0) is 0 Å². The van der Waals surface area contributed by atoms with Crippen molar-refractivity contribution in [1.82, 2.24) is 5.43 Å². The zero-order valence-corrected chi connectivity index (χ0v) is 13.4. The summed E-state index contributed by atoms with van der Waals surface area (Å²) in [6, 6.07) is 11.0. The third-order valence-corrected chi connectivity index (χ3v) is 4.79. The second-order valence-electron chi connectivity index (χ2n) is 5.28. The van der Waals surface area contributed by atoms with Gasteiger partial charge in [-0.2, -0.15) is 0 Å². The highest BCUT2D eigenvalue weighted by Crippen LogP contribution is 2.27. The number of nitrogens with two attached hydrogens (primary N) is 1. The number of hydrogen-bond acceptors (Lipinski definition) is 3. The first-order valence-corrected chi connectivity index (χ1v) is 7.92. The van der Waals surface area contributed by atoms with Gasteiger partial charge in [0.15, 0.2) is 0 Å². The summed E-state index contributed by atoms with van der Waals surface area (Å²) in [4.78, 5) is 1.04. The largest absolute Gasteiger partial charge is 0.271 e. The van der Waals surface area contributed by atoms with Gasteiger partial charge in [0, 0.05) is 10.6 Å². The average Bonchev–Trinajstić information content (AvgIpc) is 2.46. The molecule has 0 spiro atoms. The van der Waals surface area contributed by atoms with Gasteiger partial charge in [0.2, 0.25) is 0 Å². The smallest absolute Gasteiger partial charge is 0.123 e. The molecule has 0 aliphatic heterocycles. The Hall–Kier alpha value is -1.36. The van der Waals surface area contributed by atoms with E-state index >= 15 is 0 Å². The first-order chi connectivity index (χ1) is 10.0. The molecule has 0 aliphatic rings. The maximum atomic E-state index is 12.9. The van der Waals surface area contributed by atoms with E-state index in [0.29, 0.717) is 0 Å². The molecule has 0 aromatic heterocycles. The lowest BCUT2D eigenvalue weighted by Gasteiger charge is -2.20. The molecule has 0 amide bonds. The van der Waals surface area contributed by atoms with Crippen molar-refractivity contribution in [3.63, 3.8) is 0 Å². The summed E-state index contributed by atoms with van der Waals surface area (Å²) < 4.78 is 12.9. The SMILES string of the molecule is Cc1cc(C)c(C(CSc2ccc(F)cc2)NN)cc1C. The fourth-order valence-corrected chi connectivity index (χ4v) is 3.26. The molecule has 0 radical (unpaired) electrons. The molecule has 21 heavy (non-hydrogen) atoms. The van der Waals surface area contributed by atoms with Crippen molar-refractivity contribution >= 4 is 11.8 Å². The highest BCUT2D eigenvalue weighted by molar-refractivity contribution is 7.99. The van der Waals surface area contributed by atoms with Crippen LogP contribution in [0.5, 0.6) is 0 Å². The van der Waals surface area contributed by atoms with Crippen molar-refractivity contribution in [2.75, 3.05) is 5.75 Å². The molecule has 2 rings (SSSR count). The fourth-order valence-electron chi connectivity index (χ4n) is 2.30. The number of aryl methyl sites for hydroxylation is 3. The Balaban J connectivity index is 2.13. The van der Waals surface area contributed by atoms with E-state index in [0.717, 1.165) is 10.6 Å². The molecule has 1 atom stereocenters. The predicted octanol–water partition coefficient (Wildman–Crippen LogP) is 4.05. The first-order valence-electron chi connectivity index (χ1n) is 6.93. The van der Waals surface area contributed by atoms with Crippen LogP contribution in [0.4, 0.5) is 4.39 Å². The van der Waals surface area contributed by atoms with Gasteiger partial charge < -0.3 is 0 Å². The lowest BCUT2D eigenvalue weighted by Crippen LogP contribution is -2.30. The van der Waals surface area contributed by atoms with Gasteiger partial charge in [-0.15, -0.1) is 11.8 Å². The van der Waals surface area contributed by atoms with Crippen LogP contribution in [0.25, 0.3) is 0 Å². The van der Waals surface area contributed by atoms with Crippen molar-refractivity contribution in [3.8, 4) is 0 Å². The number of benzene rings is 2. The van der Waals surface area contributed by atoms with E-state index in [2.05, 4.69) is 38.3 Å². The normalized spacial score (nSPS) is 12.4. The monoisotopic (exact) mass is 304 g/mol. The summed E-state index contributed by atoms with van der Waals surface area (Å²) >= 11 is 1.67. The van der Waals surface area contributed by atoms with E-state index in [-0.39, 0.29) is 11.9 Å². The molecule has 0 fully saturated rings. The van der Waals surface area contributed by atoms with Gasteiger partial charge in [-0.1, -0.05) is 12.1 Å². The lowest BCUT2D eigenvalue weighted by atomic mass is 9.97. The van der Waals surface area contributed by atoms with Crippen LogP contribution < -0.4 is 11.3 Å². The number of thioether (sulfide) groups is 1. The minimum atomic E-state index is -0.210. The van der Waals surface area contributed by atoms with Crippen LogP contribution in [0.15, 0.2) is 41.3 Å². The molecule has 0 saturated carbocycles. The molecule has 2 aromatic rings. The van der Waals surface area contributed by atoms with Crippen molar-refractivity contribution in [3.05, 3.63) is 64.5 Å². The third kappa shape index (κ3) is 4.06. The van der Waals surface area contributed by atoms with Crippen LogP contribution >= 0.6 is 11.8 Å². The van der Waals surface area contributed by atoms with E-state index in [1.807, 2.05) is 0 Å². The van der Waals surface area contributed by atoms with E-state index in [1.165, 1.54) is 34.4 Å². The Labute approximate surface area is 129 Å². The minimum Gasteiger partial charge on any atom is -0.271 e. The van der Waals surface area contributed by atoms with Crippen molar-refractivity contribution in [1.29, 1.82) is 0 Å². The Kier molecular flexibility index (Phi) is 5.39. The molecule has 0 heterocycles. The number of nitrogens with one attached hydrogen (secondary N) is 1. The van der Waals surface area contributed by atoms with Crippen LogP contribution in [0, 0.1) is 26.6 Å². The van der Waals surface area contributed by atoms with Crippen LogP contribution in [0.1, 0.15) is 28.3 Å². The summed E-state index contributed by atoms with van der Waals surface area (Å²) in [7, 11) is 0. The van der Waals surface area contributed by atoms with Crippen molar-refractivity contribution < 1.29 is 4.39 Å². The Morgan fingerprint density at radius 2 is 1.67 bits per heavy atom. The zero-order chi connectivity index (χ0) is 15.4. The topological polar surface area (TPSA) is 38.0 Å². The molecule has 4 heteroatoms. The quantitative estimate of drug-likeness (QED) is 0.497. The van der Waals surface area contributed by atoms with E-state index < -0.39 is 0 Å². The highest BCUT2D eigenvalue weighted by Gasteiger charge is 2.14. The van der Waals surface area contributed by atoms with E-state index in [1.54, 1.807) is 23.9 Å². The molecule has 2 nitrogen and oxygen atoms in total. The van der Waals surface area contributed by atoms with Gasteiger partial charge in [-0.05, 0) is 67.3 Å². The molecular formula is C17H21FN2S. The standard InChI is InChI=1S/C17H21FN2S/c1-11-8-13(3)16(9-12(11)2)17(20-19)10-21-15-6-4-14(18)5-7-15/h4-9,17,20H,10,19H2,1-3H3.